The standard InChI is InChI=1S/C18H24N2O3S/c1-12(2)9-19-17(21)14(4)24(22)11-16-10-23-18(20-16)15-7-5-13(3)6-8-15/h5-8,10,12,14H,9,11H2,1-4H3,(H,19,21)/t14-,24-/m0/s1. The van der Waals surface area contributed by atoms with E-state index in [1.807, 2.05) is 45.0 Å². The first-order valence-electron chi connectivity index (χ1n) is 8.03. The second-order valence-corrected chi connectivity index (χ2v) is 8.07. The molecule has 0 saturated carbocycles. The van der Waals surface area contributed by atoms with Crippen LogP contribution in [0.5, 0.6) is 0 Å². The van der Waals surface area contributed by atoms with Gasteiger partial charge in [-0.15, -0.1) is 0 Å². The maximum Gasteiger partial charge on any atom is 0.235 e. The van der Waals surface area contributed by atoms with E-state index in [2.05, 4.69) is 10.3 Å². The topological polar surface area (TPSA) is 72.2 Å². The molecule has 1 N–H and O–H groups in total. The largest absolute Gasteiger partial charge is 0.444 e. The fraction of sp³-hybridized carbons (Fsp3) is 0.444. The number of benzene rings is 1. The maximum absolute atomic E-state index is 12.4. The van der Waals surface area contributed by atoms with Crippen LogP contribution in [0.4, 0.5) is 0 Å². The van der Waals surface area contributed by atoms with Gasteiger partial charge in [0.1, 0.15) is 11.5 Å². The minimum atomic E-state index is -1.34. The lowest BCUT2D eigenvalue weighted by molar-refractivity contribution is -0.120. The molecule has 2 rings (SSSR count). The van der Waals surface area contributed by atoms with Gasteiger partial charge in [0.25, 0.3) is 0 Å². The van der Waals surface area contributed by atoms with Crippen LogP contribution in [0.3, 0.4) is 0 Å². The molecule has 0 unspecified atom stereocenters. The number of aryl methyl sites for hydroxylation is 1. The smallest absolute Gasteiger partial charge is 0.235 e. The van der Waals surface area contributed by atoms with Gasteiger partial charge >= 0.3 is 0 Å². The van der Waals surface area contributed by atoms with Crippen LogP contribution < -0.4 is 5.32 Å². The Morgan fingerprint density at radius 3 is 2.54 bits per heavy atom. The number of amides is 1. The van der Waals surface area contributed by atoms with Crippen LogP contribution in [0.15, 0.2) is 34.9 Å². The second kappa shape index (κ2) is 8.24. The molecule has 24 heavy (non-hydrogen) atoms. The number of nitrogens with zero attached hydrogens (tertiary/aromatic N) is 1. The van der Waals surface area contributed by atoms with Crippen molar-refractivity contribution in [2.45, 2.75) is 38.7 Å². The van der Waals surface area contributed by atoms with E-state index in [4.69, 9.17) is 4.42 Å². The predicted octanol–water partition coefficient (Wildman–Crippen LogP) is 3.06. The van der Waals surface area contributed by atoms with Gasteiger partial charge in [-0.1, -0.05) is 31.5 Å². The molecule has 0 saturated heterocycles. The first kappa shape index (κ1) is 18.4. The Balaban J connectivity index is 1.97. The third kappa shape index (κ3) is 5.03. The van der Waals surface area contributed by atoms with Crippen molar-refractivity contribution in [3.8, 4) is 11.5 Å². The fourth-order valence-electron chi connectivity index (χ4n) is 2.04. The minimum absolute atomic E-state index is 0.190. The molecule has 0 spiro atoms. The van der Waals surface area contributed by atoms with Crippen molar-refractivity contribution in [3.63, 3.8) is 0 Å². The molecule has 1 heterocycles. The highest BCUT2D eigenvalue weighted by atomic mass is 32.2. The highest BCUT2D eigenvalue weighted by Crippen LogP contribution is 2.20. The average Bonchev–Trinajstić information content (AvgIpc) is 3.00. The van der Waals surface area contributed by atoms with E-state index in [1.165, 1.54) is 6.26 Å². The zero-order valence-electron chi connectivity index (χ0n) is 14.5. The summed E-state index contributed by atoms with van der Waals surface area (Å²) >= 11 is 0. The Labute approximate surface area is 145 Å². The zero-order valence-corrected chi connectivity index (χ0v) is 15.4. The third-order valence-electron chi connectivity index (χ3n) is 3.59. The van der Waals surface area contributed by atoms with Crippen molar-refractivity contribution in [3.05, 3.63) is 41.8 Å². The van der Waals surface area contributed by atoms with E-state index < -0.39 is 16.0 Å². The Bertz CT molecular complexity index is 707. The summed E-state index contributed by atoms with van der Waals surface area (Å²) in [6.07, 6.45) is 1.51. The fourth-order valence-corrected chi connectivity index (χ4v) is 3.04. The van der Waals surface area contributed by atoms with Gasteiger partial charge in [0.05, 0.1) is 11.4 Å². The Hall–Kier alpha value is -1.95. The van der Waals surface area contributed by atoms with E-state index in [1.54, 1.807) is 6.92 Å². The molecule has 0 bridgehead atoms. The first-order valence-corrected chi connectivity index (χ1v) is 9.41. The summed E-state index contributed by atoms with van der Waals surface area (Å²) in [6, 6.07) is 7.84. The first-order chi connectivity index (χ1) is 11.4. The summed E-state index contributed by atoms with van der Waals surface area (Å²) in [6.45, 7) is 8.31. The lowest BCUT2D eigenvalue weighted by Gasteiger charge is -2.12. The van der Waals surface area contributed by atoms with Gasteiger partial charge < -0.3 is 9.73 Å². The van der Waals surface area contributed by atoms with Crippen LogP contribution >= 0.6 is 0 Å². The van der Waals surface area contributed by atoms with E-state index in [0.29, 0.717) is 24.0 Å². The molecule has 2 atom stereocenters. The lowest BCUT2D eigenvalue weighted by Crippen LogP contribution is -2.37. The van der Waals surface area contributed by atoms with Crippen molar-refractivity contribution in [2.24, 2.45) is 5.92 Å². The van der Waals surface area contributed by atoms with Gasteiger partial charge in [-0.05, 0) is 31.9 Å². The van der Waals surface area contributed by atoms with E-state index in [-0.39, 0.29) is 11.7 Å². The molecule has 0 fully saturated rings. The van der Waals surface area contributed by atoms with E-state index in [0.717, 1.165) is 11.1 Å². The monoisotopic (exact) mass is 348 g/mol. The number of nitrogens with one attached hydrogen (secondary N) is 1. The number of carbonyl (C=O) groups excluding carboxylic acids is 1. The Kier molecular flexibility index (Phi) is 6.31. The quantitative estimate of drug-likeness (QED) is 0.835. The summed E-state index contributed by atoms with van der Waals surface area (Å²) in [7, 11) is -1.34. The molecule has 1 amide bonds. The highest BCUT2D eigenvalue weighted by Gasteiger charge is 2.21. The van der Waals surface area contributed by atoms with Crippen molar-refractivity contribution < 1.29 is 13.4 Å². The van der Waals surface area contributed by atoms with Gasteiger partial charge in [0.2, 0.25) is 11.8 Å². The van der Waals surface area contributed by atoms with Crippen molar-refractivity contribution in [1.82, 2.24) is 10.3 Å². The molecule has 0 aliphatic carbocycles. The summed E-state index contributed by atoms with van der Waals surface area (Å²) in [5, 5.41) is 2.23. The molecule has 2 aromatic rings. The normalized spacial score (nSPS) is 13.7. The van der Waals surface area contributed by atoms with Crippen LogP contribution in [0.2, 0.25) is 0 Å². The van der Waals surface area contributed by atoms with Crippen LogP contribution in [0.25, 0.3) is 11.5 Å². The molecule has 0 aliphatic heterocycles. The molecule has 5 nitrogen and oxygen atoms in total. The summed E-state index contributed by atoms with van der Waals surface area (Å²) in [5.74, 6) is 0.872. The second-order valence-electron chi connectivity index (χ2n) is 6.32. The van der Waals surface area contributed by atoms with Crippen LogP contribution in [0, 0.1) is 12.8 Å². The number of carbonyl (C=O) groups is 1. The number of oxazole rings is 1. The van der Waals surface area contributed by atoms with E-state index in [9.17, 15) is 9.00 Å². The van der Waals surface area contributed by atoms with Crippen LogP contribution in [0.1, 0.15) is 32.0 Å². The average molecular weight is 348 g/mol. The van der Waals surface area contributed by atoms with Gasteiger partial charge in [-0.25, -0.2) is 4.98 Å². The lowest BCUT2D eigenvalue weighted by atomic mass is 10.1. The summed E-state index contributed by atoms with van der Waals surface area (Å²) < 4.78 is 17.8. The van der Waals surface area contributed by atoms with Crippen LogP contribution in [-0.2, 0) is 21.3 Å². The van der Waals surface area contributed by atoms with Crippen molar-refractivity contribution in [2.75, 3.05) is 6.54 Å². The molecular formula is C18H24N2O3S. The molecule has 0 radical (unpaired) electrons. The van der Waals surface area contributed by atoms with Gasteiger partial charge in [-0.3, -0.25) is 9.00 Å². The zero-order chi connectivity index (χ0) is 17.7. The van der Waals surface area contributed by atoms with E-state index >= 15 is 0 Å². The molecule has 130 valence electrons. The number of hydrogen-bond acceptors (Lipinski definition) is 4. The highest BCUT2D eigenvalue weighted by molar-refractivity contribution is 7.85. The Morgan fingerprint density at radius 2 is 1.92 bits per heavy atom. The van der Waals surface area contributed by atoms with Crippen LogP contribution in [-0.4, -0.2) is 26.9 Å². The third-order valence-corrected chi connectivity index (χ3v) is 5.17. The molecule has 0 aliphatic rings. The molecule has 1 aromatic carbocycles. The maximum atomic E-state index is 12.4. The van der Waals surface area contributed by atoms with Crippen molar-refractivity contribution >= 4 is 16.7 Å². The number of rotatable bonds is 7. The van der Waals surface area contributed by atoms with Gasteiger partial charge in [0.15, 0.2) is 0 Å². The van der Waals surface area contributed by atoms with Crippen molar-refractivity contribution in [1.29, 1.82) is 0 Å². The molecular weight excluding hydrogens is 324 g/mol. The number of hydrogen-bond donors (Lipinski definition) is 1. The SMILES string of the molecule is Cc1ccc(-c2nc(C[S@](=O)[C@@H](C)C(=O)NCC(C)C)co2)cc1. The van der Waals surface area contributed by atoms with Gasteiger partial charge in [-0.2, -0.15) is 0 Å². The predicted molar refractivity (Wildman–Crippen MR) is 95.8 cm³/mol. The number of aromatic nitrogens is 1. The summed E-state index contributed by atoms with van der Waals surface area (Å²) in [5.41, 5.74) is 2.63. The summed E-state index contributed by atoms with van der Waals surface area (Å²) in [4.78, 5) is 16.4. The molecule has 6 heteroatoms. The van der Waals surface area contributed by atoms with Gasteiger partial charge in [0, 0.05) is 22.9 Å². The molecule has 1 aromatic heterocycles. The minimum Gasteiger partial charge on any atom is -0.444 e. The Morgan fingerprint density at radius 1 is 1.25 bits per heavy atom.